The SMILES string of the molecule is CCOC(=O)CN(C)OCCSC. The van der Waals surface area contributed by atoms with Crippen LogP contribution < -0.4 is 0 Å². The monoisotopic (exact) mass is 207 g/mol. The third-order valence-corrected chi connectivity index (χ3v) is 1.83. The van der Waals surface area contributed by atoms with Crippen LogP contribution in [0.2, 0.25) is 0 Å². The highest BCUT2D eigenvalue weighted by Crippen LogP contribution is 1.93. The van der Waals surface area contributed by atoms with Crippen LogP contribution in [0.3, 0.4) is 0 Å². The lowest BCUT2D eigenvalue weighted by molar-refractivity contribution is -0.168. The van der Waals surface area contributed by atoms with Crippen molar-refractivity contribution in [3.63, 3.8) is 0 Å². The lowest BCUT2D eigenvalue weighted by Gasteiger charge is -2.14. The summed E-state index contributed by atoms with van der Waals surface area (Å²) in [7, 11) is 1.72. The first-order valence-electron chi connectivity index (χ1n) is 4.19. The molecule has 0 aliphatic heterocycles. The predicted octanol–water partition coefficient (Wildman–Crippen LogP) is 0.776. The van der Waals surface area contributed by atoms with Crippen molar-refractivity contribution in [1.29, 1.82) is 0 Å². The van der Waals surface area contributed by atoms with E-state index in [1.54, 1.807) is 25.7 Å². The molecule has 0 saturated heterocycles. The molecule has 0 aromatic carbocycles. The van der Waals surface area contributed by atoms with Crippen molar-refractivity contribution in [1.82, 2.24) is 5.06 Å². The maximum atomic E-state index is 10.9. The largest absolute Gasteiger partial charge is 0.465 e. The van der Waals surface area contributed by atoms with E-state index in [4.69, 9.17) is 9.57 Å². The van der Waals surface area contributed by atoms with Gasteiger partial charge in [-0.1, -0.05) is 0 Å². The molecule has 0 aliphatic rings. The van der Waals surface area contributed by atoms with Crippen LogP contribution in [0.4, 0.5) is 0 Å². The molecule has 5 heteroatoms. The van der Waals surface area contributed by atoms with Gasteiger partial charge < -0.3 is 4.74 Å². The number of ether oxygens (including phenoxy) is 1. The lowest BCUT2D eigenvalue weighted by atomic mass is 10.6. The zero-order valence-corrected chi connectivity index (χ0v) is 9.23. The average Bonchev–Trinajstić information content (AvgIpc) is 2.05. The van der Waals surface area contributed by atoms with E-state index in [2.05, 4.69) is 0 Å². The van der Waals surface area contributed by atoms with Gasteiger partial charge in [-0.05, 0) is 13.2 Å². The Morgan fingerprint density at radius 3 is 2.77 bits per heavy atom. The topological polar surface area (TPSA) is 38.8 Å². The smallest absolute Gasteiger partial charge is 0.322 e. The van der Waals surface area contributed by atoms with E-state index in [9.17, 15) is 4.79 Å². The molecule has 0 aromatic heterocycles. The van der Waals surface area contributed by atoms with Crippen molar-refractivity contribution in [2.45, 2.75) is 6.92 Å². The Labute approximate surface area is 83.5 Å². The summed E-state index contributed by atoms with van der Waals surface area (Å²) in [5.74, 6) is 0.668. The van der Waals surface area contributed by atoms with Crippen LogP contribution in [0, 0.1) is 0 Å². The molecule has 0 N–H and O–H groups in total. The molecule has 0 aromatic rings. The molecule has 0 radical (unpaired) electrons. The normalized spacial score (nSPS) is 10.5. The third-order valence-electron chi connectivity index (χ3n) is 1.26. The van der Waals surface area contributed by atoms with Crippen LogP contribution in [0.25, 0.3) is 0 Å². The Bertz CT molecular complexity index is 143. The van der Waals surface area contributed by atoms with Crippen molar-refractivity contribution >= 4 is 17.7 Å². The standard InChI is InChI=1S/C8H17NO3S/c1-4-11-8(10)7-9(2)12-5-6-13-3/h4-7H2,1-3H3. The van der Waals surface area contributed by atoms with E-state index >= 15 is 0 Å². The van der Waals surface area contributed by atoms with Crippen LogP contribution >= 0.6 is 11.8 Å². The minimum atomic E-state index is -0.255. The summed E-state index contributed by atoms with van der Waals surface area (Å²) in [5.41, 5.74) is 0. The summed E-state index contributed by atoms with van der Waals surface area (Å²) < 4.78 is 4.75. The highest BCUT2D eigenvalue weighted by Gasteiger charge is 2.06. The summed E-state index contributed by atoms with van der Waals surface area (Å²) in [6.07, 6.45) is 2.01. The Morgan fingerprint density at radius 2 is 2.23 bits per heavy atom. The molecule has 0 heterocycles. The van der Waals surface area contributed by atoms with Gasteiger partial charge in [0.1, 0.15) is 6.54 Å². The molecular formula is C8H17NO3S. The zero-order valence-electron chi connectivity index (χ0n) is 8.41. The first kappa shape index (κ1) is 12.7. The van der Waals surface area contributed by atoms with Gasteiger partial charge in [-0.15, -0.1) is 0 Å². The summed E-state index contributed by atoms with van der Waals surface area (Å²) in [6, 6.07) is 0. The number of carbonyl (C=O) groups is 1. The molecule has 0 fully saturated rings. The van der Waals surface area contributed by atoms with Crippen LogP contribution in [-0.2, 0) is 14.4 Å². The first-order chi connectivity index (χ1) is 6.20. The van der Waals surface area contributed by atoms with Gasteiger partial charge in [0, 0.05) is 12.8 Å². The molecule has 0 aliphatic carbocycles. The number of hydrogen-bond donors (Lipinski definition) is 0. The number of rotatable bonds is 7. The number of esters is 1. The first-order valence-corrected chi connectivity index (χ1v) is 5.58. The van der Waals surface area contributed by atoms with E-state index in [1.807, 2.05) is 6.26 Å². The van der Waals surface area contributed by atoms with Crippen LogP contribution in [0.15, 0.2) is 0 Å². The van der Waals surface area contributed by atoms with Gasteiger partial charge in [0.2, 0.25) is 0 Å². The molecule has 0 spiro atoms. The number of carbonyl (C=O) groups excluding carboxylic acids is 1. The molecule has 0 rings (SSSR count). The molecule has 0 bridgehead atoms. The quantitative estimate of drug-likeness (QED) is 0.350. The van der Waals surface area contributed by atoms with E-state index in [0.717, 1.165) is 5.75 Å². The minimum Gasteiger partial charge on any atom is -0.465 e. The Balaban J connectivity index is 3.38. The van der Waals surface area contributed by atoms with Crippen LogP contribution in [-0.4, -0.2) is 49.8 Å². The van der Waals surface area contributed by atoms with Gasteiger partial charge in [0.15, 0.2) is 0 Å². The molecule has 0 saturated carbocycles. The summed E-state index contributed by atoms with van der Waals surface area (Å²) in [4.78, 5) is 16.1. The molecule has 0 amide bonds. The Hall–Kier alpha value is -0.260. The summed E-state index contributed by atoms with van der Waals surface area (Å²) in [5, 5.41) is 1.49. The second-order valence-electron chi connectivity index (χ2n) is 2.42. The van der Waals surface area contributed by atoms with Crippen molar-refractivity contribution in [3.05, 3.63) is 0 Å². The van der Waals surface area contributed by atoms with Crippen LogP contribution in [0.5, 0.6) is 0 Å². The van der Waals surface area contributed by atoms with Gasteiger partial charge in [-0.25, -0.2) is 0 Å². The van der Waals surface area contributed by atoms with Gasteiger partial charge in [0.05, 0.1) is 13.2 Å². The fraction of sp³-hybridized carbons (Fsp3) is 0.875. The van der Waals surface area contributed by atoms with E-state index in [0.29, 0.717) is 13.2 Å². The second-order valence-corrected chi connectivity index (χ2v) is 3.40. The predicted molar refractivity (Wildman–Crippen MR) is 53.6 cm³/mol. The highest BCUT2D eigenvalue weighted by atomic mass is 32.2. The number of hydroxylamine groups is 2. The summed E-state index contributed by atoms with van der Waals surface area (Å²) >= 11 is 1.70. The van der Waals surface area contributed by atoms with Gasteiger partial charge in [-0.2, -0.15) is 16.8 Å². The van der Waals surface area contributed by atoms with Crippen molar-refractivity contribution in [3.8, 4) is 0 Å². The van der Waals surface area contributed by atoms with Gasteiger partial charge in [0.25, 0.3) is 0 Å². The second kappa shape index (κ2) is 8.34. The van der Waals surface area contributed by atoms with Crippen molar-refractivity contribution in [2.75, 3.05) is 38.8 Å². The highest BCUT2D eigenvalue weighted by molar-refractivity contribution is 7.98. The number of nitrogens with zero attached hydrogens (tertiary/aromatic N) is 1. The van der Waals surface area contributed by atoms with Gasteiger partial charge >= 0.3 is 5.97 Å². The molecular weight excluding hydrogens is 190 g/mol. The van der Waals surface area contributed by atoms with E-state index in [-0.39, 0.29) is 12.5 Å². The maximum Gasteiger partial charge on any atom is 0.322 e. The lowest BCUT2D eigenvalue weighted by Crippen LogP contribution is -2.28. The molecule has 0 atom stereocenters. The molecule has 4 nitrogen and oxygen atoms in total. The third kappa shape index (κ3) is 8.08. The Kier molecular flexibility index (Phi) is 8.18. The number of thioether (sulfide) groups is 1. The van der Waals surface area contributed by atoms with E-state index < -0.39 is 0 Å². The maximum absolute atomic E-state index is 10.9. The van der Waals surface area contributed by atoms with Crippen molar-refractivity contribution in [2.24, 2.45) is 0 Å². The average molecular weight is 207 g/mol. The van der Waals surface area contributed by atoms with Crippen molar-refractivity contribution < 1.29 is 14.4 Å². The number of hydrogen-bond acceptors (Lipinski definition) is 5. The van der Waals surface area contributed by atoms with E-state index in [1.165, 1.54) is 5.06 Å². The number of likely N-dealkylation sites (N-methyl/N-ethyl adjacent to an activating group) is 1. The Morgan fingerprint density at radius 1 is 1.54 bits per heavy atom. The van der Waals surface area contributed by atoms with Crippen LogP contribution in [0.1, 0.15) is 6.92 Å². The summed E-state index contributed by atoms with van der Waals surface area (Å²) in [6.45, 7) is 3.00. The minimum absolute atomic E-state index is 0.183. The fourth-order valence-electron chi connectivity index (χ4n) is 0.711. The van der Waals surface area contributed by atoms with Gasteiger partial charge in [-0.3, -0.25) is 9.63 Å². The fourth-order valence-corrected chi connectivity index (χ4v) is 0.952. The molecule has 13 heavy (non-hydrogen) atoms. The molecule has 0 unspecified atom stereocenters. The molecule has 78 valence electrons. The zero-order chi connectivity index (χ0) is 10.1.